The summed E-state index contributed by atoms with van der Waals surface area (Å²) in [7, 11) is 0. The van der Waals surface area contributed by atoms with Gasteiger partial charge in [0.05, 0.1) is 17.8 Å². The summed E-state index contributed by atoms with van der Waals surface area (Å²) in [6.45, 7) is 0.209. The van der Waals surface area contributed by atoms with E-state index in [1.54, 1.807) is 18.2 Å². The molecular formula is C13H10ClFN6O. The molecule has 0 atom stereocenters. The third kappa shape index (κ3) is 2.96. The van der Waals surface area contributed by atoms with Gasteiger partial charge in [-0.15, -0.1) is 5.10 Å². The lowest BCUT2D eigenvalue weighted by Gasteiger charge is -2.02. The molecule has 3 aromatic rings. The van der Waals surface area contributed by atoms with Gasteiger partial charge in [-0.2, -0.15) is 5.10 Å². The van der Waals surface area contributed by atoms with E-state index in [1.165, 1.54) is 23.3 Å². The second-order valence-electron chi connectivity index (χ2n) is 4.40. The van der Waals surface area contributed by atoms with Gasteiger partial charge in [0.15, 0.2) is 0 Å². The molecule has 0 spiro atoms. The van der Waals surface area contributed by atoms with Gasteiger partial charge in [-0.05, 0) is 6.07 Å². The number of hydrogen-bond acceptors (Lipinski definition) is 4. The Labute approximate surface area is 129 Å². The van der Waals surface area contributed by atoms with E-state index in [9.17, 15) is 9.18 Å². The van der Waals surface area contributed by atoms with Crippen molar-refractivity contribution < 1.29 is 9.18 Å². The maximum absolute atomic E-state index is 13.6. The molecule has 1 aromatic carbocycles. The van der Waals surface area contributed by atoms with Crippen LogP contribution < -0.4 is 5.32 Å². The minimum absolute atomic E-state index is 0.0898. The molecule has 2 N–H and O–H groups in total. The highest BCUT2D eigenvalue weighted by atomic mass is 35.5. The van der Waals surface area contributed by atoms with E-state index in [4.69, 9.17) is 11.6 Å². The first-order chi connectivity index (χ1) is 10.6. The first kappa shape index (κ1) is 14.2. The summed E-state index contributed by atoms with van der Waals surface area (Å²) in [6.07, 6.45) is 2.72. The van der Waals surface area contributed by atoms with Crippen LogP contribution in [0.25, 0.3) is 0 Å². The van der Waals surface area contributed by atoms with E-state index in [-0.39, 0.29) is 29.0 Å². The fraction of sp³-hybridized carbons (Fsp3) is 0.0769. The second-order valence-corrected chi connectivity index (χ2v) is 4.81. The molecule has 9 heteroatoms. The maximum atomic E-state index is 13.6. The standard InChI is InChI=1S/C13H10ClFN6O/c14-9-5-17-19-11(9)12(22)18-13-16-7-21(20-13)6-8-3-1-2-4-10(8)15/h1-5,7H,6H2,(H,17,19)(H,18,20,22). The molecule has 2 aromatic heterocycles. The van der Waals surface area contributed by atoms with E-state index in [0.29, 0.717) is 5.56 Å². The van der Waals surface area contributed by atoms with E-state index in [1.807, 2.05) is 0 Å². The molecule has 0 aliphatic rings. The summed E-state index contributed by atoms with van der Waals surface area (Å²) >= 11 is 5.79. The number of halogens is 2. The number of hydrogen-bond donors (Lipinski definition) is 2. The molecule has 0 unspecified atom stereocenters. The summed E-state index contributed by atoms with van der Waals surface area (Å²) in [5.41, 5.74) is 0.592. The van der Waals surface area contributed by atoms with Crippen LogP contribution >= 0.6 is 11.6 Å². The van der Waals surface area contributed by atoms with Gasteiger partial charge in [0, 0.05) is 5.56 Å². The van der Waals surface area contributed by atoms with Gasteiger partial charge in [-0.1, -0.05) is 29.8 Å². The number of carbonyl (C=O) groups excluding carboxylic acids is 1. The molecule has 1 amide bonds. The Hall–Kier alpha value is -2.74. The van der Waals surface area contributed by atoms with Crippen molar-refractivity contribution in [1.82, 2.24) is 25.0 Å². The average Bonchev–Trinajstić information content (AvgIpc) is 3.10. The minimum atomic E-state index is -0.508. The topological polar surface area (TPSA) is 88.5 Å². The SMILES string of the molecule is O=C(Nc1ncn(Cc2ccccc2F)n1)c1[nH]ncc1Cl. The van der Waals surface area contributed by atoms with Crippen molar-refractivity contribution >= 4 is 23.5 Å². The van der Waals surface area contributed by atoms with Crippen molar-refractivity contribution in [2.24, 2.45) is 0 Å². The predicted octanol–water partition coefficient (Wildman–Crippen LogP) is 2.09. The van der Waals surface area contributed by atoms with E-state index in [2.05, 4.69) is 25.6 Å². The van der Waals surface area contributed by atoms with Crippen LogP contribution in [0.3, 0.4) is 0 Å². The van der Waals surface area contributed by atoms with Gasteiger partial charge in [0.1, 0.15) is 17.8 Å². The number of H-pyrrole nitrogens is 1. The Morgan fingerprint density at radius 2 is 2.23 bits per heavy atom. The van der Waals surface area contributed by atoms with Crippen LogP contribution in [0.4, 0.5) is 10.3 Å². The zero-order chi connectivity index (χ0) is 15.5. The van der Waals surface area contributed by atoms with Gasteiger partial charge >= 0.3 is 0 Å². The van der Waals surface area contributed by atoms with Gasteiger partial charge in [0.2, 0.25) is 5.95 Å². The first-order valence-corrected chi connectivity index (χ1v) is 6.64. The van der Waals surface area contributed by atoms with Crippen molar-refractivity contribution in [2.45, 2.75) is 6.54 Å². The molecule has 3 rings (SSSR count). The first-order valence-electron chi connectivity index (χ1n) is 6.26. The Bertz CT molecular complexity index is 814. The Morgan fingerprint density at radius 3 is 2.95 bits per heavy atom. The normalized spacial score (nSPS) is 10.6. The molecule has 0 aliphatic carbocycles. The molecule has 22 heavy (non-hydrogen) atoms. The van der Waals surface area contributed by atoms with Gasteiger partial charge in [0.25, 0.3) is 5.91 Å². The lowest BCUT2D eigenvalue weighted by Crippen LogP contribution is -2.14. The largest absolute Gasteiger partial charge is 0.288 e. The number of anilines is 1. The van der Waals surface area contributed by atoms with Crippen molar-refractivity contribution in [3.05, 3.63) is 58.9 Å². The Balaban J connectivity index is 1.70. The predicted molar refractivity (Wildman–Crippen MR) is 77.1 cm³/mol. The molecule has 0 saturated carbocycles. The minimum Gasteiger partial charge on any atom is -0.288 e. The molecule has 0 saturated heterocycles. The number of rotatable bonds is 4. The molecule has 7 nitrogen and oxygen atoms in total. The average molecular weight is 321 g/mol. The summed E-state index contributed by atoms with van der Waals surface area (Å²) in [6, 6.07) is 6.37. The number of aromatic nitrogens is 5. The van der Waals surface area contributed by atoms with Gasteiger partial charge in [-0.25, -0.2) is 14.1 Å². The van der Waals surface area contributed by atoms with Crippen LogP contribution in [0, 0.1) is 5.82 Å². The summed E-state index contributed by atoms with van der Waals surface area (Å²) in [5.74, 6) is -0.744. The number of benzene rings is 1. The van der Waals surface area contributed by atoms with E-state index >= 15 is 0 Å². The number of nitrogens with one attached hydrogen (secondary N) is 2. The highest BCUT2D eigenvalue weighted by molar-refractivity contribution is 6.33. The van der Waals surface area contributed by atoms with Crippen molar-refractivity contribution in [3.63, 3.8) is 0 Å². The highest BCUT2D eigenvalue weighted by Crippen LogP contribution is 2.13. The van der Waals surface area contributed by atoms with Crippen molar-refractivity contribution in [2.75, 3.05) is 5.32 Å². The quantitative estimate of drug-likeness (QED) is 0.770. The molecule has 0 bridgehead atoms. The van der Waals surface area contributed by atoms with Crippen LogP contribution in [-0.2, 0) is 6.54 Å². The number of nitrogens with zero attached hydrogens (tertiary/aromatic N) is 4. The number of amides is 1. The summed E-state index contributed by atoms with van der Waals surface area (Å²) in [5, 5.41) is 12.9. The molecule has 0 fully saturated rings. The molecule has 0 radical (unpaired) electrons. The van der Waals surface area contributed by atoms with Gasteiger partial charge in [-0.3, -0.25) is 15.2 Å². The van der Waals surface area contributed by atoms with Gasteiger partial charge < -0.3 is 0 Å². The van der Waals surface area contributed by atoms with E-state index in [0.717, 1.165) is 0 Å². The second kappa shape index (κ2) is 5.94. The zero-order valence-electron chi connectivity index (χ0n) is 11.1. The summed E-state index contributed by atoms with van der Waals surface area (Å²) in [4.78, 5) is 15.8. The van der Waals surface area contributed by atoms with Crippen LogP contribution in [0.2, 0.25) is 5.02 Å². The third-order valence-electron chi connectivity index (χ3n) is 2.87. The number of carbonyl (C=O) groups is 1. The van der Waals surface area contributed by atoms with Crippen molar-refractivity contribution in [1.29, 1.82) is 0 Å². The monoisotopic (exact) mass is 320 g/mol. The fourth-order valence-corrected chi connectivity index (χ4v) is 2.00. The smallest absolute Gasteiger partial charge is 0.277 e. The zero-order valence-corrected chi connectivity index (χ0v) is 11.9. The van der Waals surface area contributed by atoms with E-state index < -0.39 is 5.91 Å². The molecule has 2 heterocycles. The highest BCUT2D eigenvalue weighted by Gasteiger charge is 2.14. The molecule has 0 aliphatic heterocycles. The lowest BCUT2D eigenvalue weighted by atomic mass is 10.2. The molecular weight excluding hydrogens is 311 g/mol. The maximum Gasteiger partial charge on any atom is 0.277 e. The van der Waals surface area contributed by atoms with Crippen LogP contribution in [0.1, 0.15) is 16.1 Å². The number of aromatic amines is 1. The van der Waals surface area contributed by atoms with Crippen LogP contribution in [0.5, 0.6) is 0 Å². The Morgan fingerprint density at radius 1 is 1.41 bits per heavy atom. The lowest BCUT2D eigenvalue weighted by molar-refractivity contribution is 0.102. The summed E-state index contributed by atoms with van der Waals surface area (Å²) < 4.78 is 15.0. The fourth-order valence-electron chi connectivity index (χ4n) is 1.82. The third-order valence-corrected chi connectivity index (χ3v) is 3.16. The molecule has 112 valence electrons. The van der Waals surface area contributed by atoms with Crippen molar-refractivity contribution in [3.8, 4) is 0 Å². The van der Waals surface area contributed by atoms with Crippen LogP contribution in [-0.4, -0.2) is 30.9 Å². The van der Waals surface area contributed by atoms with Crippen LogP contribution in [0.15, 0.2) is 36.8 Å². The Kier molecular flexibility index (Phi) is 3.84.